The third kappa shape index (κ3) is 3.46. The van der Waals surface area contributed by atoms with Crippen LogP contribution in [0.15, 0.2) is 76.0 Å². The minimum Gasteiger partial charge on any atom is -0.394 e. The summed E-state index contributed by atoms with van der Waals surface area (Å²) in [6.45, 7) is -0.246. The summed E-state index contributed by atoms with van der Waals surface area (Å²) in [6.07, 6.45) is 3.57. The molecule has 2 aromatic carbocycles. The van der Waals surface area contributed by atoms with Crippen LogP contribution < -0.4 is 5.76 Å². The van der Waals surface area contributed by atoms with Crippen LogP contribution in [0.4, 0.5) is 0 Å². The van der Waals surface area contributed by atoms with Crippen LogP contribution in [0.2, 0.25) is 0 Å². The zero-order valence-electron chi connectivity index (χ0n) is 12.4. The van der Waals surface area contributed by atoms with Gasteiger partial charge in [-0.25, -0.2) is 4.79 Å². The molecule has 3 rings (SSSR count). The third-order valence-corrected chi connectivity index (χ3v) is 3.40. The van der Waals surface area contributed by atoms with Crippen molar-refractivity contribution in [3.63, 3.8) is 0 Å². The molecule has 0 saturated heterocycles. The fourth-order valence-electron chi connectivity index (χ4n) is 2.20. The minimum atomic E-state index is -0.597. The maximum absolute atomic E-state index is 12.0. The Balaban J connectivity index is 1.89. The molecule has 0 aliphatic rings. The minimum absolute atomic E-state index is 0.238. The number of benzene rings is 2. The van der Waals surface area contributed by atoms with Gasteiger partial charge in [-0.05, 0) is 17.7 Å². The van der Waals surface area contributed by atoms with Gasteiger partial charge in [0.1, 0.15) is 6.04 Å². The van der Waals surface area contributed by atoms with Crippen molar-refractivity contribution in [2.75, 3.05) is 6.61 Å². The normalized spacial score (nSPS) is 12.6. The number of hydrogen-bond donors (Lipinski definition) is 1. The number of aromatic nitrogens is 2. The van der Waals surface area contributed by atoms with Gasteiger partial charge in [0.05, 0.1) is 6.61 Å². The van der Waals surface area contributed by atoms with E-state index in [1.165, 1.54) is 0 Å². The van der Waals surface area contributed by atoms with Crippen LogP contribution in [0, 0.1) is 0 Å². The molecule has 1 aromatic heterocycles. The van der Waals surface area contributed by atoms with Gasteiger partial charge in [-0.15, -0.1) is 5.10 Å². The molecule has 116 valence electrons. The maximum Gasteiger partial charge on any atom is 0.438 e. The molecular weight excluding hydrogens is 292 g/mol. The smallest absolute Gasteiger partial charge is 0.394 e. The first-order valence-electron chi connectivity index (χ1n) is 7.27. The van der Waals surface area contributed by atoms with Gasteiger partial charge >= 0.3 is 5.76 Å². The standard InChI is InChI=1S/C18H16N2O3/c21-13-16(12-11-14-7-3-1-4-8-14)20-18(22)23-17(19-20)15-9-5-2-6-10-15/h1-12,16,21H,13H2/b12-11+. The molecule has 1 unspecified atom stereocenters. The summed E-state index contributed by atoms with van der Waals surface area (Å²) in [5.74, 6) is -0.359. The Kier molecular flexibility index (Phi) is 4.49. The summed E-state index contributed by atoms with van der Waals surface area (Å²) in [5.41, 5.74) is 1.69. The lowest BCUT2D eigenvalue weighted by Crippen LogP contribution is -2.23. The molecule has 0 saturated carbocycles. The van der Waals surface area contributed by atoms with Crippen LogP contribution in [0.1, 0.15) is 11.6 Å². The predicted molar refractivity (Wildman–Crippen MR) is 87.8 cm³/mol. The van der Waals surface area contributed by atoms with E-state index in [2.05, 4.69) is 5.10 Å². The molecule has 0 spiro atoms. The highest BCUT2D eigenvalue weighted by molar-refractivity contribution is 5.52. The highest BCUT2D eigenvalue weighted by atomic mass is 16.4. The third-order valence-electron chi connectivity index (χ3n) is 3.40. The van der Waals surface area contributed by atoms with Crippen molar-refractivity contribution in [2.45, 2.75) is 6.04 Å². The molecule has 1 heterocycles. The van der Waals surface area contributed by atoms with E-state index < -0.39 is 11.8 Å². The Morgan fingerprint density at radius 1 is 1.09 bits per heavy atom. The molecule has 1 N–H and O–H groups in total. The molecule has 0 fully saturated rings. The van der Waals surface area contributed by atoms with Gasteiger partial charge in [0.25, 0.3) is 0 Å². The number of aliphatic hydroxyl groups is 1. The molecule has 0 aliphatic carbocycles. The molecule has 23 heavy (non-hydrogen) atoms. The van der Waals surface area contributed by atoms with E-state index in [-0.39, 0.29) is 12.5 Å². The topological polar surface area (TPSA) is 68.3 Å². The number of rotatable bonds is 5. The summed E-state index contributed by atoms with van der Waals surface area (Å²) in [7, 11) is 0. The summed E-state index contributed by atoms with van der Waals surface area (Å²) >= 11 is 0. The van der Waals surface area contributed by atoms with Crippen LogP contribution in [0.5, 0.6) is 0 Å². The van der Waals surface area contributed by atoms with Gasteiger partial charge in [0, 0.05) is 5.56 Å². The van der Waals surface area contributed by atoms with E-state index >= 15 is 0 Å². The van der Waals surface area contributed by atoms with E-state index in [0.29, 0.717) is 5.56 Å². The van der Waals surface area contributed by atoms with Gasteiger partial charge in [-0.3, -0.25) is 0 Å². The molecular formula is C18H16N2O3. The van der Waals surface area contributed by atoms with Gasteiger partial charge in [-0.2, -0.15) is 4.68 Å². The second-order valence-corrected chi connectivity index (χ2v) is 5.00. The second kappa shape index (κ2) is 6.89. The summed E-state index contributed by atoms with van der Waals surface area (Å²) in [6, 6.07) is 18.2. The molecule has 0 amide bonds. The van der Waals surface area contributed by atoms with Gasteiger partial charge in [0.15, 0.2) is 0 Å². The summed E-state index contributed by atoms with van der Waals surface area (Å²) in [4.78, 5) is 12.0. The van der Waals surface area contributed by atoms with Crippen molar-refractivity contribution in [1.82, 2.24) is 9.78 Å². The van der Waals surface area contributed by atoms with E-state index in [1.807, 2.05) is 66.7 Å². The van der Waals surface area contributed by atoms with E-state index in [9.17, 15) is 9.90 Å². The average molecular weight is 308 g/mol. The fraction of sp³-hybridized carbons (Fsp3) is 0.111. The van der Waals surface area contributed by atoms with Crippen molar-refractivity contribution < 1.29 is 9.52 Å². The number of nitrogens with zero attached hydrogens (tertiary/aromatic N) is 2. The van der Waals surface area contributed by atoms with Crippen LogP contribution in [0.3, 0.4) is 0 Å². The zero-order valence-corrected chi connectivity index (χ0v) is 12.4. The van der Waals surface area contributed by atoms with E-state index in [0.717, 1.165) is 10.2 Å². The predicted octanol–water partition coefficient (Wildman–Crippen LogP) is 2.75. The monoisotopic (exact) mass is 308 g/mol. The highest BCUT2D eigenvalue weighted by Gasteiger charge is 2.16. The van der Waals surface area contributed by atoms with Gasteiger partial charge < -0.3 is 9.52 Å². The highest BCUT2D eigenvalue weighted by Crippen LogP contribution is 2.16. The average Bonchev–Trinajstić information content (AvgIpc) is 2.99. The molecule has 0 aliphatic heterocycles. The molecule has 5 heteroatoms. The lowest BCUT2D eigenvalue weighted by Gasteiger charge is -2.07. The second-order valence-electron chi connectivity index (χ2n) is 5.00. The van der Waals surface area contributed by atoms with Gasteiger partial charge in [0.2, 0.25) is 5.89 Å². The lowest BCUT2D eigenvalue weighted by atomic mass is 10.2. The fourth-order valence-corrected chi connectivity index (χ4v) is 2.20. The van der Waals surface area contributed by atoms with E-state index in [4.69, 9.17) is 4.42 Å². The summed E-state index contributed by atoms with van der Waals surface area (Å²) < 4.78 is 6.34. The lowest BCUT2D eigenvalue weighted by molar-refractivity contribution is 0.239. The Morgan fingerprint density at radius 2 is 1.74 bits per heavy atom. The first kappa shape index (κ1) is 15.0. The number of aliphatic hydroxyl groups excluding tert-OH is 1. The quantitative estimate of drug-likeness (QED) is 0.787. The largest absolute Gasteiger partial charge is 0.438 e. The summed E-state index contributed by atoms with van der Waals surface area (Å²) in [5, 5.41) is 13.8. The Hall–Kier alpha value is -2.92. The first-order chi connectivity index (χ1) is 11.3. The SMILES string of the molecule is O=c1oc(-c2ccccc2)nn1C(/C=C/c1ccccc1)CO. The molecule has 0 radical (unpaired) electrons. The Labute approximate surface area is 133 Å². The number of hydrogen-bond acceptors (Lipinski definition) is 4. The molecule has 5 nitrogen and oxygen atoms in total. The van der Waals surface area contributed by atoms with Gasteiger partial charge in [-0.1, -0.05) is 60.7 Å². The Morgan fingerprint density at radius 3 is 2.39 bits per heavy atom. The zero-order chi connectivity index (χ0) is 16.1. The maximum atomic E-state index is 12.0. The van der Waals surface area contributed by atoms with Crippen molar-refractivity contribution in [2.24, 2.45) is 0 Å². The first-order valence-corrected chi connectivity index (χ1v) is 7.27. The molecule has 3 aromatic rings. The molecule has 0 bridgehead atoms. The van der Waals surface area contributed by atoms with Crippen LogP contribution in [-0.2, 0) is 0 Å². The van der Waals surface area contributed by atoms with Crippen LogP contribution in [-0.4, -0.2) is 21.5 Å². The van der Waals surface area contributed by atoms with Crippen molar-refractivity contribution >= 4 is 6.08 Å². The Bertz CT molecular complexity index is 835. The molecule has 1 atom stereocenters. The van der Waals surface area contributed by atoms with Crippen molar-refractivity contribution in [1.29, 1.82) is 0 Å². The van der Waals surface area contributed by atoms with E-state index in [1.54, 1.807) is 6.08 Å². The van der Waals surface area contributed by atoms with Crippen molar-refractivity contribution in [3.05, 3.63) is 82.9 Å². The van der Waals surface area contributed by atoms with Crippen LogP contribution in [0.25, 0.3) is 17.5 Å². The van der Waals surface area contributed by atoms with Crippen molar-refractivity contribution in [3.8, 4) is 11.5 Å². The van der Waals surface area contributed by atoms with Crippen LogP contribution >= 0.6 is 0 Å².